The molecule has 31 heavy (non-hydrogen) atoms. The summed E-state index contributed by atoms with van der Waals surface area (Å²) in [6.45, 7) is 1.37. The van der Waals surface area contributed by atoms with E-state index in [1.807, 2.05) is 0 Å². The van der Waals surface area contributed by atoms with E-state index in [0.29, 0.717) is 5.76 Å². The number of piperazine rings is 1. The van der Waals surface area contributed by atoms with Crippen molar-refractivity contribution in [1.82, 2.24) is 34.4 Å². The highest BCUT2D eigenvalue weighted by Crippen LogP contribution is 2.19. The maximum absolute atomic E-state index is 12.7. The van der Waals surface area contributed by atoms with Crippen molar-refractivity contribution in [3.63, 3.8) is 0 Å². The van der Waals surface area contributed by atoms with Gasteiger partial charge in [-0.25, -0.2) is 0 Å². The Labute approximate surface area is 174 Å². The Hall–Kier alpha value is -3.42. The zero-order chi connectivity index (χ0) is 22.2. The summed E-state index contributed by atoms with van der Waals surface area (Å²) in [5, 5.41) is 7.06. The normalized spacial score (nSPS) is 16.6. The van der Waals surface area contributed by atoms with Crippen LogP contribution in [0, 0.1) is 0 Å². The molecule has 11 nitrogen and oxygen atoms in total. The summed E-state index contributed by atoms with van der Waals surface area (Å²) in [7, 11) is 0. The van der Waals surface area contributed by atoms with Crippen molar-refractivity contribution in [3.05, 3.63) is 18.4 Å². The van der Waals surface area contributed by atoms with Gasteiger partial charge in [-0.05, 0) is 19.1 Å². The van der Waals surface area contributed by atoms with Gasteiger partial charge in [0.2, 0.25) is 23.6 Å². The molecule has 166 valence electrons. The van der Waals surface area contributed by atoms with Crippen LogP contribution in [0.1, 0.15) is 6.92 Å². The van der Waals surface area contributed by atoms with E-state index in [0.717, 1.165) is 0 Å². The highest BCUT2D eigenvalue weighted by Gasteiger charge is 2.33. The number of alkyl halides is 3. The summed E-state index contributed by atoms with van der Waals surface area (Å²) >= 11 is 0. The molecule has 1 fully saturated rings. The molecule has 0 saturated carbocycles. The zero-order valence-electron chi connectivity index (χ0n) is 16.5. The summed E-state index contributed by atoms with van der Waals surface area (Å²) < 4.78 is 44.1. The molecule has 0 radical (unpaired) electrons. The predicted octanol–water partition coefficient (Wildman–Crippen LogP) is 0.868. The van der Waals surface area contributed by atoms with E-state index in [9.17, 15) is 18.0 Å². The van der Waals surface area contributed by atoms with Crippen LogP contribution in [0.15, 0.2) is 22.8 Å². The minimum Gasteiger partial charge on any atom is -0.461 e. The fourth-order valence-electron chi connectivity index (χ4n) is 3.29. The molecule has 4 heterocycles. The highest BCUT2D eigenvalue weighted by molar-refractivity contribution is 5.84. The smallest absolute Gasteiger partial charge is 0.401 e. The number of halogens is 3. The van der Waals surface area contributed by atoms with Crippen LogP contribution in [0.3, 0.4) is 0 Å². The number of nitrogens with two attached hydrogens (primary N) is 1. The number of fused-ring (bicyclic) bond motifs is 1. The van der Waals surface area contributed by atoms with Crippen molar-refractivity contribution in [1.29, 1.82) is 0 Å². The first-order valence-electron chi connectivity index (χ1n) is 9.48. The standard InChI is InChI=1S/C17H20F3N9O2/c1-10(13(30)28-6-4-27(5-7-28)9-17(18,19)20)22-15-24-14(21)29-16(25-15)23-12(26-29)11-3-2-8-31-11/h2-3,8,10H,4-7,9H2,1H3,(H3,21,22,23,24,25,26). The van der Waals surface area contributed by atoms with E-state index in [4.69, 9.17) is 10.2 Å². The Balaban J connectivity index is 1.41. The summed E-state index contributed by atoms with van der Waals surface area (Å²) in [5.74, 6) is 0.711. The molecular formula is C17H20F3N9O2. The van der Waals surface area contributed by atoms with Gasteiger partial charge in [-0.1, -0.05) is 0 Å². The molecule has 1 aliphatic heterocycles. The third-order valence-electron chi connectivity index (χ3n) is 4.78. The monoisotopic (exact) mass is 439 g/mol. The first-order chi connectivity index (χ1) is 14.7. The molecule has 3 aromatic rings. The lowest BCUT2D eigenvalue weighted by molar-refractivity contribution is -0.151. The fourth-order valence-corrected chi connectivity index (χ4v) is 3.29. The van der Waals surface area contributed by atoms with Gasteiger partial charge in [-0.3, -0.25) is 9.69 Å². The molecule has 0 spiro atoms. The highest BCUT2D eigenvalue weighted by atomic mass is 19.4. The Morgan fingerprint density at radius 1 is 1.26 bits per heavy atom. The first-order valence-corrected chi connectivity index (χ1v) is 9.48. The molecule has 1 atom stereocenters. The van der Waals surface area contributed by atoms with Crippen molar-refractivity contribution < 1.29 is 22.4 Å². The minimum atomic E-state index is -4.25. The van der Waals surface area contributed by atoms with Gasteiger partial charge in [0.15, 0.2) is 5.76 Å². The lowest BCUT2D eigenvalue weighted by atomic mass is 10.2. The van der Waals surface area contributed by atoms with Crippen LogP contribution in [0.25, 0.3) is 17.4 Å². The third kappa shape index (κ3) is 4.68. The lowest BCUT2D eigenvalue weighted by Gasteiger charge is -2.36. The van der Waals surface area contributed by atoms with Crippen LogP contribution in [0.2, 0.25) is 0 Å². The van der Waals surface area contributed by atoms with Gasteiger partial charge < -0.3 is 20.4 Å². The molecular weight excluding hydrogens is 419 g/mol. The number of nitrogen functional groups attached to an aromatic ring is 1. The predicted molar refractivity (Wildman–Crippen MR) is 103 cm³/mol. The molecule has 3 N–H and O–H groups in total. The Kier molecular flexibility index (Phi) is 5.39. The maximum Gasteiger partial charge on any atom is 0.401 e. The lowest BCUT2D eigenvalue weighted by Crippen LogP contribution is -2.53. The summed E-state index contributed by atoms with van der Waals surface area (Å²) in [4.78, 5) is 28.1. The molecule has 0 aliphatic carbocycles. The van der Waals surface area contributed by atoms with Crippen molar-refractivity contribution >= 4 is 23.6 Å². The zero-order valence-corrected chi connectivity index (χ0v) is 16.5. The van der Waals surface area contributed by atoms with Crippen molar-refractivity contribution in [3.8, 4) is 11.6 Å². The minimum absolute atomic E-state index is 0.0122. The summed E-state index contributed by atoms with van der Waals surface area (Å²) in [6.07, 6.45) is -2.77. The second-order valence-electron chi connectivity index (χ2n) is 7.11. The summed E-state index contributed by atoms with van der Waals surface area (Å²) in [5.41, 5.74) is 5.93. The molecule has 1 amide bonds. The van der Waals surface area contributed by atoms with Gasteiger partial charge in [0.05, 0.1) is 12.8 Å². The van der Waals surface area contributed by atoms with E-state index >= 15 is 0 Å². The van der Waals surface area contributed by atoms with Gasteiger partial charge in [-0.2, -0.15) is 32.6 Å². The van der Waals surface area contributed by atoms with Crippen molar-refractivity contribution in [2.24, 2.45) is 0 Å². The number of carbonyl (C=O) groups excluding carboxylic acids is 1. The quantitative estimate of drug-likeness (QED) is 0.594. The Bertz CT molecular complexity index is 1060. The number of nitrogens with one attached hydrogen (secondary N) is 1. The maximum atomic E-state index is 12.7. The molecule has 14 heteroatoms. The van der Waals surface area contributed by atoms with Crippen molar-refractivity contribution in [2.45, 2.75) is 19.1 Å². The van der Waals surface area contributed by atoms with Gasteiger partial charge in [-0.15, -0.1) is 5.10 Å². The average molecular weight is 439 g/mol. The van der Waals surface area contributed by atoms with E-state index in [2.05, 4.69) is 25.4 Å². The number of carbonyl (C=O) groups is 1. The third-order valence-corrected chi connectivity index (χ3v) is 4.78. The largest absolute Gasteiger partial charge is 0.461 e. The topological polar surface area (TPSA) is 131 Å². The van der Waals surface area contributed by atoms with Gasteiger partial charge >= 0.3 is 6.18 Å². The van der Waals surface area contributed by atoms with Crippen LogP contribution in [0.5, 0.6) is 0 Å². The average Bonchev–Trinajstić information content (AvgIpc) is 3.36. The number of hydrogen-bond acceptors (Lipinski definition) is 9. The van der Waals surface area contributed by atoms with Gasteiger partial charge in [0, 0.05) is 26.2 Å². The molecule has 4 rings (SSSR count). The number of anilines is 2. The van der Waals surface area contributed by atoms with E-state index < -0.39 is 18.8 Å². The first kappa shape index (κ1) is 20.8. The van der Waals surface area contributed by atoms with Crippen LogP contribution in [0.4, 0.5) is 25.1 Å². The van der Waals surface area contributed by atoms with E-state index in [-0.39, 0.29) is 55.6 Å². The molecule has 1 saturated heterocycles. The number of nitrogens with zero attached hydrogens (tertiary/aromatic N) is 7. The second-order valence-corrected chi connectivity index (χ2v) is 7.11. The fraction of sp³-hybridized carbons (Fsp3) is 0.471. The Morgan fingerprint density at radius 2 is 2.00 bits per heavy atom. The molecule has 1 aliphatic rings. The second kappa shape index (κ2) is 8.02. The van der Waals surface area contributed by atoms with Crippen LogP contribution < -0.4 is 11.1 Å². The number of aromatic nitrogens is 5. The van der Waals surface area contributed by atoms with Crippen LogP contribution in [-0.4, -0.2) is 85.2 Å². The summed E-state index contributed by atoms with van der Waals surface area (Å²) in [6, 6.07) is 2.66. The van der Waals surface area contributed by atoms with E-state index in [1.54, 1.807) is 19.1 Å². The number of hydrogen-bond donors (Lipinski definition) is 2. The molecule has 0 bridgehead atoms. The number of furan rings is 1. The van der Waals surface area contributed by atoms with Gasteiger partial charge in [0.1, 0.15) is 6.04 Å². The SMILES string of the molecule is CC(Nc1nc(N)n2nc(-c3ccco3)nc2n1)C(=O)N1CCN(CC(F)(F)F)CC1. The molecule has 0 aromatic carbocycles. The van der Waals surface area contributed by atoms with Crippen molar-refractivity contribution in [2.75, 3.05) is 43.8 Å². The Morgan fingerprint density at radius 3 is 2.65 bits per heavy atom. The van der Waals surface area contributed by atoms with Crippen LogP contribution in [-0.2, 0) is 4.79 Å². The number of rotatable bonds is 5. The van der Waals surface area contributed by atoms with Gasteiger partial charge in [0.25, 0.3) is 5.78 Å². The molecule has 1 unspecified atom stereocenters. The van der Waals surface area contributed by atoms with Crippen LogP contribution >= 0.6 is 0 Å². The van der Waals surface area contributed by atoms with E-state index in [1.165, 1.54) is 20.6 Å². The molecule has 3 aromatic heterocycles. The number of amides is 1.